The van der Waals surface area contributed by atoms with Crippen molar-refractivity contribution in [2.45, 2.75) is 51.5 Å². The van der Waals surface area contributed by atoms with Gasteiger partial charge in [-0.15, -0.1) is 24.0 Å². The summed E-state index contributed by atoms with van der Waals surface area (Å²) in [5, 5.41) is 6.57. The van der Waals surface area contributed by atoms with Crippen LogP contribution in [-0.2, 0) is 9.84 Å². The summed E-state index contributed by atoms with van der Waals surface area (Å²) in [6.07, 6.45) is 2.17. The van der Waals surface area contributed by atoms with E-state index in [9.17, 15) is 8.42 Å². The third-order valence-electron chi connectivity index (χ3n) is 4.47. The molecule has 0 aromatic heterocycles. The van der Waals surface area contributed by atoms with Gasteiger partial charge in [0.15, 0.2) is 15.8 Å². The lowest BCUT2D eigenvalue weighted by molar-refractivity contribution is 0.292. The fourth-order valence-corrected chi connectivity index (χ4v) is 3.95. The van der Waals surface area contributed by atoms with Gasteiger partial charge in [-0.3, -0.25) is 4.99 Å². The molecule has 2 N–H and O–H groups in total. The maximum atomic E-state index is 12.3. The van der Waals surface area contributed by atoms with Crippen LogP contribution in [0.25, 0.3) is 0 Å². The van der Waals surface area contributed by atoms with Gasteiger partial charge in [-0.1, -0.05) is 32.0 Å². The Kier molecular flexibility index (Phi) is 14.6. The molecular weight excluding hydrogens is 487 g/mol. The third-order valence-corrected chi connectivity index (χ3v) is 6.18. The molecule has 6 nitrogen and oxygen atoms in total. The zero-order valence-corrected chi connectivity index (χ0v) is 20.8. The van der Waals surface area contributed by atoms with Gasteiger partial charge in [0.2, 0.25) is 0 Å². The van der Waals surface area contributed by atoms with Gasteiger partial charge in [-0.2, -0.15) is 0 Å². The van der Waals surface area contributed by atoms with E-state index in [1.165, 1.54) is 0 Å². The van der Waals surface area contributed by atoms with Crippen molar-refractivity contribution in [3.63, 3.8) is 0 Å². The number of hydrogen-bond donors (Lipinski definition) is 2. The van der Waals surface area contributed by atoms with Crippen LogP contribution in [0, 0.1) is 0 Å². The maximum Gasteiger partial charge on any atom is 0.191 e. The fraction of sp³-hybridized carbons (Fsp3) is 0.650. The average molecular weight is 525 g/mol. The lowest BCUT2D eigenvalue weighted by Gasteiger charge is -2.21. The van der Waals surface area contributed by atoms with E-state index in [0.717, 1.165) is 39.0 Å². The van der Waals surface area contributed by atoms with E-state index >= 15 is 0 Å². The first-order chi connectivity index (χ1) is 12.9. The molecule has 1 unspecified atom stereocenters. The van der Waals surface area contributed by atoms with Gasteiger partial charge in [0.25, 0.3) is 0 Å². The van der Waals surface area contributed by atoms with Crippen molar-refractivity contribution in [3.05, 3.63) is 30.3 Å². The standard InChI is InChI=1S/C20H36N4O2S.HI/c1-5-21-20(23-18(4)12-11-16-24(6-2)7-3)22-15-17-27(25,26)19-13-9-8-10-14-19;/h8-10,13-14,18H,5-7,11-12,15-17H2,1-4H3,(H2,21,22,23);1H. The van der Waals surface area contributed by atoms with Crippen molar-refractivity contribution < 1.29 is 8.42 Å². The Bertz CT molecular complexity index is 649. The fourth-order valence-electron chi connectivity index (χ4n) is 2.81. The molecule has 0 aliphatic carbocycles. The summed E-state index contributed by atoms with van der Waals surface area (Å²) >= 11 is 0. The molecule has 8 heteroatoms. The van der Waals surface area contributed by atoms with Crippen molar-refractivity contribution in [1.29, 1.82) is 0 Å². The van der Waals surface area contributed by atoms with Crippen molar-refractivity contribution in [3.8, 4) is 0 Å². The quantitative estimate of drug-likeness (QED) is 0.250. The minimum absolute atomic E-state index is 0. The highest BCUT2D eigenvalue weighted by Crippen LogP contribution is 2.09. The summed E-state index contributed by atoms with van der Waals surface area (Å²) in [4.78, 5) is 7.21. The molecule has 0 amide bonds. The Morgan fingerprint density at radius 1 is 1.14 bits per heavy atom. The topological polar surface area (TPSA) is 73.8 Å². The molecule has 0 bridgehead atoms. The van der Waals surface area contributed by atoms with Crippen LogP contribution in [0.4, 0.5) is 0 Å². The number of nitrogens with one attached hydrogen (secondary N) is 2. The monoisotopic (exact) mass is 524 g/mol. The van der Waals surface area contributed by atoms with Crippen molar-refractivity contribution >= 4 is 39.8 Å². The SMILES string of the molecule is CCNC(=NCCS(=O)(=O)c1ccccc1)NC(C)CCCN(CC)CC.I. The number of nitrogens with zero attached hydrogens (tertiary/aromatic N) is 2. The van der Waals surface area contributed by atoms with Crippen LogP contribution < -0.4 is 10.6 Å². The number of guanidine groups is 1. The Balaban J connectivity index is 0.00000729. The first-order valence-corrected chi connectivity index (χ1v) is 11.6. The Labute approximate surface area is 188 Å². The maximum absolute atomic E-state index is 12.3. The molecule has 1 aromatic carbocycles. The Hall–Kier alpha value is -0.870. The molecule has 0 aliphatic rings. The van der Waals surface area contributed by atoms with Crippen LogP contribution in [0.1, 0.15) is 40.5 Å². The van der Waals surface area contributed by atoms with E-state index in [2.05, 4.69) is 41.3 Å². The zero-order chi connectivity index (χ0) is 20.1. The second kappa shape index (κ2) is 15.0. The van der Waals surface area contributed by atoms with Gasteiger partial charge in [0.1, 0.15) is 0 Å². The van der Waals surface area contributed by atoms with Crippen LogP contribution in [-0.4, -0.2) is 63.8 Å². The van der Waals surface area contributed by atoms with Crippen molar-refractivity contribution in [2.75, 3.05) is 38.5 Å². The average Bonchev–Trinajstić information content (AvgIpc) is 2.66. The molecule has 1 rings (SSSR count). The Morgan fingerprint density at radius 3 is 2.36 bits per heavy atom. The van der Waals surface area contributed by atoms with E-state index in [4.69, 9.17) is 0 Å². The number of halogens is 1. The summed E-state index contributed by atoms with van der Waals surface area (Å²) in [5.74, 6) is 0.681. The normalized spacial score (nSPS) is 13.1. The highest BCUT2D eigenvalue weighted by Gasteiger charge is 2.13. The summed E-state index contributed by atoms with van der Waals surface area (Å²) in [7, 11) is -3.30. The van der Waals surface area contributed by atoms with Gasteiger partial charge in [0.05, 0.1) is 17.2 Å². The molecule has 1 atom stereocenters. The van der Waals surface area contributed by atoms with Crippen molar-refractivity contribution in [2.24, 2.45) is 4.99 Å². The van der Waals surface area contributed by atoms with E-state index in [0.29, 0.717) is 10.9 Å². The minimum atomic E-state index is -3.30. The van der Waals surface area contributed by atoms with Gasteiger partial charge in [-0.05, 0) is 58.5 Å². The first-order valence-electron chi connectivity index (χ1n) is 9.97. The molecule has 0 fully saturated rings. The van der Waals surface area contributed by atoms with Crippen LogP contribution in [0.5, 0.6) is 0 Å². The van der Waals surface area contributed by atoms with Crippen LogP contribution in [0.3, 0.4) is 0 Å². The largest absolute Gasteiger partial charge is 0.357 e. The smallest absolute Gasteiger partial charge is 0.191 e. The molecule has 0 saturated carbocycles. The highest BCUT2D eigenvalue weighted by atomic mass is 127. The van der Waals surface area contributed by atoms with Gasteiger partial charge < -0.3 is 15.5 Å². The lowest BCUT2D eigenvalue weighted by atomic mass is 10.2. The zero-order valence-electron chi connectivity index (χ0n) is 17.6. The third kappa shape index (κ3) is 10.6. The molecule has 0 aliphatic heterocycles. The van der Waals surface area contributed by atoms with Crippen LogP contribution in [0.2, 0.25) is 0 Å². The summed E-state index contributed by atoms with van der Waals surface area (Å²) in [6, 6.07) is 8.82. The second-order valence-electron chi connectivity index (χ2n) is 6.61. The van der Waals surface area contributed by atoms with E-state index in [1.807, 2.05) is 13.0 Å². The predicted molar refractivity (Wildman–Crippen MR) is 130 cm³/mol. The number of sulfone groups is 1. The number of hydrogen-bond acceptors (Lipinski definition) is 4. The lowest BCUT2D eigenvalue weighted by Crippen LogP contribution is -2.42. The molecular formula is C20H37IN4O2S. The summed E-state index contributed by atoms with van der Waals surface area (Å²) < 4.78 is 24.7. The molecule has 28 heavy (non-hydrogen) atoms. The van der Waals surface area contributed by atoms with Gasteiger partial charge >= 0.3 is 0 Å². The van der Waals surface area contributed by atoms with Gasteiger partial charge in [0, 0.05) is 12.6 Å². The summed E-state index contributed by atoms with van der Waals surface area (Å²) in [6.45, 7) is 12.7. The molecule has 0 spiro atoms. The predicted octanol–water partition coefficient (Wildman–Crippen LogP) is 3.14. The molecule has 0 saturated heterocycles. The number of aliphatic imine (C=N–C) groups is 1. The number of rotatable bonds is 12. The Morgan fingerprint density at radius 2 is 1.79 bits per heavy atom. The summed E-state index contributed by atoms with van der Waals surface area (Å²) in [5.41, 5.74) is 0. The van der Waals surface area contributed by atoms with Crippen LogP contribution in [0.15, 0.2) is 40.2 Å². The molecule has 0 heterocycles. The first kappa shape index (κ1) is 27.1. The van der Waals surface area contributed by atoms with E-state index in [1.54, 1.807) is 24.3 Å². The molecule has 0 radical (unpaired) electrons. The van der Waals surface area contributed by atoms with E-state index < -0.39 is 9.84 Å². The van der Waals surface area contributed by atoms with E-state index in [-0.39, 0.29) is 42.3 Å². The molecule has 1 aromatic rings. The highest BCUT2D eigenvalue weighted by molar-refractivity contribution is 14.0. The molecule has 162 valence electrons. The minimum Gasteiger partial charge on any atom is -0.357 e. The van der Waals surface area contributed by atoms with Crippen molar-refractivity contribution in [1.82, 2.24) is 15.5 Å². The number of benzene rings is 1. The van der Waals surface area contributed by atoms with Crippen LogP contribution >= 0.6 is 24.0 Å². The van der Waals surface area contributed by atoms with Gasteiger partial charge in [-0.25, -0.2) is 8.42 Å². The second-order valence-corrected chi connectivity index (χ2v) is 8.72.